The van der Waals surface area contributed by atoms with Crippen LogP contribution in [0.4, 0.5) is 0 Å². The maximum absolute atomic E-state index is 12.1. The van der Waals surface area contributed by atoms with Gasteiger partial charge in [-0.15, -0.1) is 11.3 Å². The minimum Gasteiger partial charge on any atom is -0.348 e. The fourth-order valence-corrected chi connectivity index (χ4v) is 4.75. The van der Waals surface area contributed by atoms with Gasteiger partial charge in [-0.3, -0.25) is 4.79 Å². The van der Waals surface area contributed by atoms with Gasteiger partial charge in [0, 0.05) is 23.4 Å². The molecule has 0 aliphatic heterocycles. The molecule has 0 saturated carbocycles. The highest BCUT2D eigenvalue weighted by molar-refractivity contribution is 9.10. The molecule has 2 aromatic heterocycles. The van der Waals surface area contributed by atoms with Crippen molar-refractivity contribution in [3.8, 4) is 10.4 Å². The van der Waals surface area contributed by atoms with Crippen LogP contribution in [0, 0.1) is 0 Å². The van der Waals surface area contributed by atoms with Crippen molar-refractivity contribution in [2.24, 2.45) is 0 Å². The molecule has 0 N–H and O–H groups in total. The number of carbonyl (C=O) groups is 1. The number of fused-ring (bicyclic) bond motifs is 1. The van der Waals surface area contributed by atoms with Crippen molar-refractivity contribution < 1.29 is 4.79 Å². The fourth-order valence-electron chi connectivity index (χ4n) is 2.25. The van der Waals surface area contributed by atoms with Gasteiger partial charge in [0.25, 0.3) is 0 Å². The van der Waals surface area contributed by atoms with Crippen molar-refractivity contribution in [2.75, 3.05) is 14.1 Å². The van der Waals surface area contributed by atoms with Gasteiger partial charge in [0.05, 0.1) is 15.5 Å². The first kappa shape index (κ1) is 17.4. The zero-order valence-electron chi connectivity index (χ0n) is 13.5. The van der Waals surface area contributed by atoms with Crippen LogP contribution >= 0.6 is 39.0 Å². The van der Waals surface area contributed by atoms with Crippen LogP contribution in [0.5, 0.6) is 0 Å². The predicted molar refractivity (Wildman–Crippen MR) is 105 cm³/mol. The fraction of sp³-hybridized carbons (Fsp3) is 0.235. The molecule has 24 heavy (non-hydrogen) atoms. The summed E-state index contributed by atoms with van der Waals surface area (Å²) < 4.78 is 2.08. The van der Waals surface area contributed by atoms with Gasteiger partial charge in [0.2, 0.25) is 5.91 Å². The van der Waals surface area contributed by atoms with E-state index in [4.69, 9.17) is 0 Å². The molecule has 0 spiro atoms. The number of carbonyl (C=O) groups excluding carboxylic acids is 1. The minimum absolute atomic E-state index is 0.0800. The topological polar surface area (TPSA) is 46.1 Å². The first-order chi connectivity index (χ1) is 11.5. The van der Waals surface area contributed by atoms with Crippen LogP contribution in [0.2, 0.25) is 0 Å². The third-order valence-electron chi connectivity index (χ3n) is 3.48. The number of hydrogen-bond donors (Lipinski definition) is 0. The molecule has 0 aliphatic rings. The third-order valence-corrected chi connectivity index (χ3v) is 6.41. The van der Waals surface area contributed by atoms with E-state index in [0.717, 1.165) is 30.2 Å². The highest BCUT2D eigenvalue weighted by Crippen LogP contribution is 2.38. The maximum Gasteiger partial charge on any atom is 0.235 e. The van der Waals surface area contributed by atoms with Crippen LogP contribution in [-0.2, 0) is 4.79 Å². The van der Waals surface area contributed by atoms with Crippen molar-refractivity contribution >= 4 is 55.2 Å². The largest absolute Gasteiger partial charge is 0.348 e. The minimum atomic E-state index is -0.184. The van der Waals surface area contributed by atoms with E-state index in [1.165, 1.54) is 11.8 Å². The summed E-state index contributed by atoms with van der Waals surface area (Å²) in [5, 5.41) is 0.674. The molecule has 0 fully saturated rings. The summed E-state index contributed by atoms with van der Waals surface area (Å²) in [7, 11) is 3.54. The Morgan fingerprint density at radius 1 is 1.25 bits per heavy atom. The number of thiophene rings is 1. The number of amides is 1. The second-order valence-electron chi connectivity index (χ2n) is 5.50. The SMILES string of the molecule is C[C@@H](Sc1ncnc2cc(-c3ccc(Br)cc3)sc12)C(=O)N(C)C. The Balaban J connectivity index is 1.95. The monoisotopic (exact) mass is 421 g/mol. The van der Waals surface area contributed by atoms with Crippen LogP contribution in [0.15, 0.2) is 46.2 Å². The maximum atomic E-state index is 12.1. The molecule has 0 aliphatic carbocycles. The summed E-state index contributed by atoms with van der Waals surface area (Å²) in [6, 6.07) is 10.3. The molecule has 3 rings (SSSR count). The molecule has 2 heterocycles. The number of benzene rings is 1. The average Bonchev–Trinajstić information content (AvgIpc) is 2.99. The lowest BCUT2D eigenvalue weighted by Gasteiger charge is -2.15. The number of thioether (sulfide) groups is 1. The predicted octanol–water partition coefficient (Wildman–Crippen LogP) is 4.69. The number of nitrogens with zero attached hydrogens (tertiary/aromatic N) is 3. The number of aromatic nitrogens is 2. The van der Waals surface area contributed by atoms with Gasteiger partial charge < -0.3 is 4.90 Å². The van der Waals surface area contributed by atoms with E-state index in [9.17, 15) is 4.79 Å². The zero-order valence-corrected chi connectivity index (χ0v) is 16.7. The van der Waals surface area contributed by atoms with Crippen molar-refractivity contribution in [1.82, 2.24) is 14.9 Å². The Hall–Kier alpha value is -1.44. The Morgan fingerprint density at radius 3 is 2.62 bits per heavy atom. The Kier molecular flexibility index (Phi) is 5.22. The summed E-state index contributed by atoms with van der Waals surface area (Å²) in [5.74, 6) is 0.0800. The molecule has 124 valence electrons. The molecule has 7 heteroatoms. The van der Waals surface area contributed by atoms with Gasteiger partial charge in [-0.25, -0.2) is 9.97 Å². The van der Waals surface area contributed by atoms with E-state index in [1.807, 2.05) is 19.1 Å². The van der Waals surface area contributed by atoms with Crippen LogP contribution < -0.4 is 0 Å². The first-order valence-corrected chi connectivity index (χ1v) is 9.83. The summed E-state index contributed by atoms with van der Waals surface area (Å²) >= 11 is 6.60. The van der Waals surface area contributed by atoms with Gasteiger partial charge >= 0.3 is 0 Å². The molecule has 1 aromatic carbocycles. The second-order valence-corrected chi connectivity index (χ2v) is 8.80. The molecular weight excluding hydrogens is 406 g/mol. The Morgan fingerprint density at radius 2 is 1.96 bits per heavy atom. The van der Waals surface area contributed by atoms with Crippen LogP contribution in [0.3, 0.4) is 0 Å². The van der Waals surface area contributed by atoms with E-state index in [1.54, 1.807) is 36.7 Å². The number of hydrogen-bond acceptors (Lipinski definition) is 5. The average molecular weight is 422 g/mol. The highest BCUT2D eigenvalue weighted by Gasteiger charge is 2.19. The molecule has 3 aromatic rings. The third kappa shape index (κ3) is 3.63. The number of rotatable bonds is 4. The van der Waals surface area contributed by atoms with Gasteiger partial charge in [0.1, 0.15) is 11.4 Å². The van der Waals surface area contributed by atoms with E-state index in [-0.39, 0.29) is 11.2 Å². The normalized spacial score (nSPS) is 12.3. The number of halogens is 1. The van der Waals surface area contributed by atoms with Gasteiger partial charge in [-0.2, -0.15) is 0 Å². The van der Waals surface area contributed by atoms with Gasteiger partial charge in [0.15, 0.2) is 0 Å². The molecule has 0 radical (unpaired) electrons. The summed E-state index contributed by atoms with van der Waals surface area (Å²) in [6.07, 6.45) is 1.57. The molecule has 4 nitrogen and oxygen atoms in total. The highest BCUT2D eigenvalue weighted by atomic mass is 79.9. The summed E-state index contributed by atoms with van der Waals surface area (Å²) in [6.45, 7) is 1.91. The molecule has 0 saturated heterocycles. The second kappa shape index (κ2) is 7.21. The zero-order chi connectivity index (χ0) is 17.3. The van der Waals surface area contributed by atoms with Gasteiger partial charge in [-0.1, -0.05) is 39.8 Å². The summed E-state index contributed by atoms with van der Waals surface area (Å²) in [5.41, 5.74) is 2.06. The van der Waals surface area contributed by atoms with Crippen molar-refractivity contribution in [3.05, 3.63) is 41.1 Å². The molecular formula is C17H16BrN3OS2. The summed E-state index contributed by atoms with van der Waals surface area (Å²) in [4.78, 5) is 23.6. The van der Waals surface area contributed by atoms with E-state index in [0.29, 0.717) is 0 Å². The van der Waals surface area contributed by atoms with Crippen molar-refractivity contribution in [1.29, 1.82) is 0 Å². The molecule has 0 unspecified atom stereocenters. The quantitative estimate of drug-likeness (QED) is 0.452. The van der Waals surface area contributed by atoms with Crippen LogP contribution in [-0.4, -0.2) is 40.1 Å². The van der Waals surface area contributed by atoms with Gasteiger partial charge in [-0.05, 0) is 30.7 Å². The van der Waals surface area contributed by atoms with E-state index in [2.05, 4.69) is 44.1 Å². The van der Waals surface area contributed by atoms with E-state index >= 15 is 0 Å². The Bertz CT molecular complexity index is 877. The first-order valence-electron chi connectivity index (χ1n) is 7.34. The smallest absolute Gasteiger partial charge is 0.235 e. The van der Waals surface area contributed by atoms with Crippen LogP contribution in [0.25, 0.3) is 20.7 Å². The molecule has 1 atom stereocenters. The molecule has 1 amide bonds. The molecule has 0 bridgehead atoms. The van der Waals surface area contributed by atoms with Crippen molar-refractivity contribution in [2.45, 2.75) is 17.2 Å². The lowest BCUT2D eigenvalue weighted by atomic mass is 10.2. The van der Waals surface area contributed by atoms with Crippen LogP contribution in [0.1, 0.15) is 6.92 Å². The van der Waals surface area contributed by atoms with Crippen molar-refractivity contribution in [3.63, 3.8) is 0 Å². The lowest BCUT2D eigenvalue weighted by molar-refractivity contribution is -0.127. The van der Waals surface area contributed by atoms with E-state index < -0.39 is 0 Å². The lowest BCUT2D eigenvalue weighted by Crippen LogP contribution is -2.29. The Labute approximate surface area is 157 Å². The standard InChI is InChI=1S/C17H16BrN3OS2/c1-10(17(22)21(2)3)23-16-15-13(19-9-20-16)8-14(24-15)11-4-6-12(18)7-5-11/h4-10H,1-3H3/t10-/m1/s1.